The van der Waals surface area contributed by atoms with Crippen LogP contribution in [0.4, 0.5) is 13.2 Å². The van der Waals surface area contributed by atoms with Crippen molar-refractivity contribution in [3.05, 3.63) is 71.0 Å². The number of halogens is 3. The molecule has 0 saturated carbocycles. The lowest BCUT2D eigenvalue weighted by Crippen LogP contribution is -2.29. The van der Waals surface area contributed by atoms with Crippen molar-refractivity contribution in [1.82, 2.24) is 5.32 Å². The number of nitrogens with one attached hydrogen (secondary N) is 1. The summed E-state index contributed by atoms with van der Waals surface area (Å²) < 4.78 is 39.8. The third-order valence-corrected chi connectivity index (χ3v) is 3.41. The number of carbonyl (C=O) groups excluding carboxylic acids is 1. The van der Waals surface area contributed by atoms with Gasteiger partial charge < -0.3 is 10.4 Å². The highest BCUT2D eigenvalue weighted by Crippen LogP contribution is 2.20. The molecular weight excluding hydrogens is 307 g/mol. The number of aliphatic hydroxyl groups excluding tert-OH is 1. The maximum atomic E-state index is 13.7. The molecule has 0 bridgehead atoms. The molecule has 2 aromatic rings. The molecule has 0 saturated heterocycles. The molecule has 0 heterocycles. The van der Waals surface area contributed by atoms with Crippen molar-refractivity contribution in [1.29, 1.82) is 0 Å². The summed E-state index contributed by atoms with van der Waals surface area (Å²) >= 11 is 0. The van der Waals surface area contributed by atoms with Crippen LogP contribution in [-0.2, 0) is 0 Å². The molecule has 0 fully saturated rings. The average molecular weight is 323 g/mol. The molecule has 1 amide bonds. The van der Waals surface area contributed by atoms with E-state index in [1.807, 2.05) is 6.07 Å². The first-order valence-corrected chi connectivity index (χ1v) is 7.14. The third-order valence-electron chi connectivity index (χ3n) is 3.41. The Bertz CT molecular complexity index is 677. The lowest BCUT2D eigenvalue weighted by molar-refractivity contribution is 0.0927. The molecule has 6 heteroatoms. The van der Waals surface area contributed by atoms with Crippen molar-refractivity contribution in [2.45, 2.75) is 18.9 Å². The molecule has 3 nitrogen and oxygen atoms in total. The number of hydrogen-bond acceptors (Lipinski definition) is 2. The zero-order valence-corrected chi connectivity index (χ0v) is 12.2. The van der Waals surface area contributed by atoms with Crippen molar-refractivity contribution in [3.63, 3.8) is 0 Å². The van der Waals surface area contributed by atoms with Crippen LogP contribution in [0.1, 0.15) is 34.8 Å². The van der Waals surface area contributed by atoms with Crippen LogP contribution >= 0.6 is 0 Å². The maximum absolute atomic E-state index is 13.7. The molecule has 2 aromatic carbocycles. The van der Waals surface area contributed by atoms with Crippen LogP contribution in [0.3, 0.4) is 0 Å². The van der Waals surface area contributed by atoms with E-state index >= 15 is 0 Å². The molecule has 2 rings (SSSR count). The second kappa shape index (κ2) is 7.78. The van der Waals surface area contributed by atoms with Crippen LogP contribution in [-0.4, -0.2) is 17.6 Å². The Balaban J connectivity index is 2.22. The van der Waals surface area contributed by atoms with Gasteiger partial charge in [0.25, 0.3) is 5.91 Å². The quantitative estimate of drug-likeness (QED) is 0.801. The fraction of sp³-hybridized carbons (Fsp3) is 0.235. The van der Waals surface area contributed by atoms with E-state index in [2.05, 4.69) is 5.32 Å². The van der Waals surface area contributed by atoms with Gasteiger partial charge in [-0.3, -0.25) is 4.79 Å². The van der Waals surface area contributed by atoms with Gasteiger partial charge >= 0.3 is 0 Å². The number of carbonyl (C=O) groups is 1. The van der Waals surface area contributed by atoms with Gasteiger partial charge in [-0.1, -0.05) is 30.3 Å². The molecule has 0 aliphatic carbocycles. The zero-order valence-electron chi connectivity index (χ0n) is 12.2. The molecule has 1 unspecified atom stereocenters. The SMILES string of the molecule is O=C(NC(CCCO)c1ccccc1)c1cc(F)c(F)cc1F. The van der Waals surface area contributed by atoms with Crippen molar-refractivity contribution in [2.24, 2.45) is 0 Å². The summed E-state index contributed by atoms with van der Waals surface area (Å²) in [6.45, 7) is -0.0568. The Hall–Kier alpha value is -2.34. The fourth-order valence-electron chi connectivity index (χ4n) is 2.24. The molecule has 0 aliphatic heterocycles. The summed E-state index contributed by atoms with van der Waals surface area (Å²) in [4.78, 5) is 12.2. The van der Waals surface area contributed by atoms with Crippen molar-refractivity contribution in [3.8, 4) is 0 Å². The summed E-state index contributed by atoms with van der Waals surface area (Å²) in [7, 11) is 0. The molecule has 0 aromatic heterocycles. The van der Waals surface area contributed by atoms with Crippen LogP contribution in [0, 0.1) is 17.5 Å². The fourth-order valence-corrected chi connectivity index (χ4v) is 2.24. The average Bonchev–Trinajstić information content (AvgIpc) is 2.55. The van der Waals surface area contributed by atoms with Crippen molar-refractivity contribution >= 4 is 5.91 Å². The van der Waals surface area contributed by atoms with Gasteiger partial charge in [0.1, 0.15) is 5.82 Å². The molecular formula is C17H16F3NO2. The number of hydrogen-bond donors (Lipinski definition) is 2. The van der Waals surface area contributed by atoms with E-state index in [-0.39, 0.29) is 6.61 Å². The first kappa shape index (κ1) is 17.0. The van der Waals surface area contributed by atoms with Gasteiger partial charge in [-0.2, -0.15) is 0 Å². The first-order chi connectivity index (χ1) is 11.0. The molecule has 23 heavy (non-hydrogen) atoms. The van der Waals surface area contributed by atoms with E-state index in [1.54, 1.807) is 24.3 Å². The van der Waals surface area contributed by atoms with Crippen LogP contribution in [0.25, 0.3) is 0 Å². The summed E-state index contributed by atoms with van der Waals surface area (Å²) in [5.41, 5.74) is 0.214. The smallest absolute Gasteiger partial charge is 0.254 e. The van der Waals surface area contributed by atoms with Gasteiger partial charge in [0.15, 0.2) is 11.6 Å². The Kier molecular flexibility index (Phi) is 5.76. The van der Waals surface area contributed by atoms with Crippen molar-refractivity contribution < 1.29 is 23.1 Å². The van der Waals surface area contributed by atoms with Gasteiger partial charge in [-0.15, -0.1) is 0 Å². The Labute approximate surface area is 131 Å². The lowest BCUT2D eigenvalue weighted by atomic mass is 10.0. The van der Waals surface area contributed by atoms with Crippen LogP contribution < -0.4 is 5.32 Å². The molecule has 1 atom stereocenters. The van der Waals surface area contributed by atoms with E-state index in [4.69, 9.17) is 5.11 Å². The topological polar surface area (TPSA) is 49.3 Å². The molecule has 0 spiro atoms. The first-order valence-electron chi connectivity index (χ1n) is 7.14. The number of rotatable bonds is 6. The molecule has 2 N–H and O–H groups in total. The molecule has 122 valence electrons. The highest BCUT2D eigenvalue weighted by atomic mass is 19.2. The van der Waals surface area contributed by atoms with Crippen molar-refractivity contribution in [2.75, 3.05) is 6.61 Å². The van der Waals surface area contributed by atoms with Crippen LogP contribution in [0.5, 0.6) is 0 Å². The summed E-state index contributed by atoms with van der Waals surface area (Å²) in [5.74, 6) is -4.61. The second-order valence-corrected chi connectivity index (χ2v) is 5.05. The Morgan fingerprint density at radius 3 is 2.35 bits per heavy atom. The Morgan fingerprint density at radius 1 is 1.04 bits per heavy atom. The highest BCUT2D eigenvalue weighted by molar-refractivity contribution is 5.94. The van der Waals surface area contributed by atoms with Gasteiger partial charge in [-0.25, -0.2) is 13.2 Å². The number of benzene rings is 2. The van der Waals surface area contributed by atoms with E-state index in [9.17, 15) is 18.0 Å². The minimum absolute atomic E-state index is 0.0568. The monoisotopic (exact) mass is 323 g/mol. The standard InChI is InChI=1S/C17H16F3NO2/c18-13-10-15(20)14(19)9-12(13)17(23)21-16(7-4-8-22)11-5-2-1-3-6-11/h1-3,5-6,9-10,16,22H,4,7-8H2,(H,21,23). The van der Waals surface area contributed by atoms with E-state index in [0.29, 0.717) is 25.0 Å². The predicted molar refractivity (Wildman–Crippen MR) is 79.3 cm³/mol. The van der Waals surface area contributed by atoms with Gasteiger partial charge in [0, 0.05) is 12.7 Å². The van der Waals surface area contributed by atoms with Crippen LogP contribution in [0.2, 0.25) is 0 Å². The molecule has 0 aliphatic rings. The summed E-state index contributed by atoms with van der Waals surface area (Å²) in [5, 5.41) is 11.6. The number of aliphatic hydroxyl groups is 1. The predicted octanol–water partition coefficient (Wildman–Crippen LogP) is 3.35. The van der Waals surface area contributed by atoms with E-state index in [1.165, 1.54) is 0 Å². The van der Waals surface area contributed by atoms with Crippen LogP contribution in [0.15, 0.2) is 42.5 Å². The highest BCUT2D eigenvalue weighted by Gasteiger charge is 2.20. The maximum Gasteiger partial charge on any atom is 0.254 e. The lowest BCUT2D eigenvalue weighted by Gasteiger charge is -2.19. The Morgan fingerprint density at radius 2 is 1.70 bits per heavy atom. The third kappa shape index (κ3) is 4.32. The minimum atomic E-state index is -1.35. The van der Waals surface area contributed by atoms with E-state index < -0.39 is 35.0 Å². The largest absolute Gasteiger partial charge is 0.396 e. The van der Waals surface area contributed by atoms with Gasteiger partial charge in [-0.05, 0) is 24.5 Å². The van der Waals surface area contributed by atoms with Gasteiger partial charge in [0.05, 0.1) is 11.6 Å². The normalized spacial score (nSPS) is 12.0. The zero-order chi connectivity index (χ0) is 16.8. The summed E-state index contributed by atoms with van der Waals surface area (Å²) in [6, 6.07) is 9.35. The summed E-state index contributed by atoms with van der Waals surface area (Å²) in [6.07, 6.45) is 0.859. The second-order valence-electron chi connectivity index (χ2n) is 5.05. The molecule has 0 radical (unpaired) electrons. The number of amides is 1. The minimum Gasteiger partial charge on any atom is -0.396 e. The van der Waals surface area contributed by atoms with Gasteiger partial charge in [0.2, 0.25) is 0 Å². The van der Waals surface area contributed by atoms with E-state index in [0.717, 1.165) is 5.56 Å².